The van der Waals surface area contributed by atoms with E-state index >= 15 is 0 Å². The van der Waals surface area contributed by atoms with Crippen molar-refractivity contribution in [2.45, 2.75) is 39.3 Å². The van der Waals surface area contributed by atoms with Crippen LogP contribution in [0.15, 0.2) is 48.5 Å². The summed E-state index contributed by atoms with van der Waals surface area (Å²) in [5.74, 6) is -0.751. The summed E-state index contributed by atoms with van der Waals surface area (Å²) < 4.78 is 3.51. The number of rotatable bonds is 4. The number of aliphatic carboxylic acids is 1. The molecule has 1 heterocycles. The summed E-state index contributed by atoms with van der Waals surface area (Å²) in [6.45, 7) is 6.87. The van der Waals surface area contributed by atoms with Gasteiger partial charge in [0.25, 0.3) is 0 Å². The van der Waals surface area contributed by atoms with E-state index in [4.69, 9.17) is 5.73 Å². The fourth-order valence-corrected chi connectivity index (χ4v) is 3.07. The Bertz CT molecular complexity index is 919. The number of aromatic nitrogens is 2. The molecule has 0 fully saturated rings. The summed E-state index contributed by atoms with van der Waals surface area (Å²) in [7, 11) is 0. The summed E-state index contributed by atoms with van der Waals surface area (Å²) in [5.41, 5.74) is 10.4. The number of carbonyl (C=O) groups excluding carboxylic acids is 1. The van der Waals surface area contributed by atoms with Gasteiger partial charge in [0.15, 0.2) is 0 Å². The van der Waals surface area contributed by atoms with Gasteiger partial charge in [0.2, 0.25) is 0 Å². The summed E-state index contributed by atoms with van der Waals surface area (Å²) >= 11 is 0. The van der Waals surface area contributed by atoms with Crippen molar-refractivity contribution in [3.05, 3.63) is 59.7 Å². The van der Waals surface area contributed by atoms with Crippen LogP contribution < -0.4 is 15.4 Å². The molecule has 0 aliphatic heterocycles. The zero-order valence-corrected chi connectivity index (χ0v) is 14.8. The maximum absolute atomic E-state index is 11.1. The molecule has 0 bridgehead atoms. The van der Waals surface area contributed by atoms with E-state index in [-0.39, 0.29) is 12.0 Å². The summed E-state index contributed by atoms with van der Waals surface area (Å²) in [6.07, 6.45) is 0. The maximum Gasteiger partial charge on any atom is 0.356 e. The third-order valence-electron chi connectivity index (χ3n) is 4.46. The highest BCUT2D eigenvalue weighted by Crippen LogP contribution is 2.22. The minimum atomic E-state index is -1.16. The van der Waals surface area contributed by atoms with E-state index in [1.807, 2.05) is 28.8 Å². The van der Waals surface area contributed by atoms with Crippen molar-refractivity contribution in [1.29, 1.82) is 0 Å². The fourth-order valence-electron chi connectivity index (χ4n) is 3.07. The van der Waals surface area contributed by atoms with Crippen LogP contribution in [0.5, 0.6) is 0 Å². The number of nitrogen functional groups attached to an aromatic ring is 1. The number of hydrogen-bond donors (Lipinski definition) is 1. The predicted octanol–water partition coefficient (Wildman–Crippen LogP) is 1.61. The molecule has 0 aliphatic rings. The van der Waals surface area contributed by atoms with Crippen LogP contribution in [0.2, 0.25) is 0 Å². The molecule has 0 amide bonds. The number of carboxylic acid groups (broad SMARTS) is 1. The standard InChI is InChI=1S/C20H23N3O2/c1-20(2,3)15-10-8-14(9-11-15)12-22-16-6-4-5-7-17(16)23(19(22)21)13-18(24)25/h4-11,21H,12-13H2,1-3H3,(H,24,25). The van der Waals surface area contributed by atoms with Crippen molar-refractivity contribution in [2.75, 3.05) is 5.73 Å². The third kappa shape index (κ3) is 3.36. The van der Waals surface area contributed by atoms with Gasteiger partial charge in [0.1, 0.15) is 17.6 Å². The normalized spacial score (nSPS) is 11.8. The first-order valence-corrected chi connectivity index (χ1v) is 8.33. The Morgan fingerprint density at radius 1 is 1.12 bits per heavy atom. The molecule has 0 atom stereocenters. The molecule has 0 saturated carbocycles. The van der Waals surface area contributed by atoms with E-state index in [0.29, 0.717) is 12.5 Å². The van der Waals surface area contributed by atoms with Crippen LogP contribution in [0, 0.1) is 0 Å². The Morgan fingerprint density at radius 3 is 2.36 bits per heavy atom. The third-order valence-corrected chi connectivity index (χ3v) is 4.46. The second-order valence-electron chi connectivity index (χ2n) is 7.34. The lowest BCUT2D eigenvalue weighted by Gasteiger charge is -2.19. The van der Waals surface area contributed by atoms with Gasteiger partial charge in [-0.2, -0.15) is 0 Å². The second kappa shape index (κ2) is 6.24. The van der Waals surface area contributed by atoms with Crippen LogP contribution in [0.3, 0.4) is 0 Å². The minimum absolute atomic E-state index is 0.106. The molecule has 3 aromatic rings. The van der Waals surface area contributed by atoms with Gasteiger partial charge in [0.05, 0.1) is 12.5 Å². The van der Waals surface area contributed by atoms with E-state index in [1.165, 1.54) is 5.56 Å². The van der Waals surface area contributed by atoms with Crippen LogP contribution in [0.4, 0.5) is 5.95 Å². The number of nitrogens with zero attached hydrogens (tertiary/aromatic N) is 2. The Labute approximate surface area is 147 Å². The van der Waals surface area contributed by atoms with Gasteiger partial charge in [-0.1, -0.05) is 57.2 Å². The molecule has 0 spiro atoms. The molecule has 0 aliphatic carbocycles. The Morgan fingerprint density at radius 2 is 1.76 bits per heavy atom. The van der Waals surface area contributed by atoms with Crippen molar-refractivity contribution in [3.8, 4) is 0 Å². The largest absolute Gasteiger partial charge is 0.547 e. The summed E-state index contributed by atoms with van der Waals surface area (Å²) in [4.78, 5) is 11.1. The lowest BCUT2D eigenvalue weighted by molar-refractivity contribution is -0.648. The molecule has 5 nitrogen and oxygen atoms in total. The predicted molar refractivity (Wildman–Crippen MR) is 95.8 cm³/mol. The first-order valence-electron chi connectivity index (χ1n) is 8.33. The van der Waals surface area contributed by atoms with Crippen LogP contribution in [0.1, 0.15) is 31.9 Å². The van der Waals surface area contributed by atoms with Crippen LogP contribution in [-0.4, -0.2) is 10.5 Å². The van der Waals surface area contributed by atoms with Gasteiger partial charge >= 0.3 is 5.95 Å². The molecule has 2 aromatic carbocycles. The van der Waals surface area contributed by atoms with Crippen molar-refractivity contribution in [2.24, 2.45) is 0 Å². The van der Waals surface area contributed by atoms with E-state index in [2.05, 4.69) is 45.0 Å². The van der Waals surface area contributed by atoms with E-state index in [0.717, 1.165) is 16.6 Å². The van der Waals surface area contributed by atoms with Gasteiger partial charge < -0.3 is 9.90 Å². The van der Waals surface area contributed by atoms with Crippen LogP contribution in [0.25, 0.3) is 11.0 Å². The number of carbonyl (C=O) groups is 1. The average molecular weight is 337 g/mol. The van der Waals surface area contributed by atoms with E-state index in [9.17, 15) is 9.90 Å². The van der Waals surface area contributed by atoms with E-state index < -0.39 is 5.97 Å². The quantitative estimate of drug-likeness (QED) is 0.735. The van der Waals surface area contributed by atoms with Crippen LogP contribution >= 0.6 is 0 Å². The topological polar surface area (TPSA) is 75.0 Å². The fraction of sp³-hybridized carbons (Fsp3) is 0.300. The molecule has 0 saturated heterocycles. The number of para-hydroxylation sites is 2. The zero-order valence-electron chi connectivity index (χ0n) is 14.8. The van der Waals surface area contributed by atoms with Crippen molar-refractivity contribution < 1.29 is 14.5 Å². The highest BCUT2D eigenvalue weighted by atomic mass is 16.4. The lowest BCUT2D eigenvalue weighted by atomic mass is 9.87. The molecule has 0 radical (unpaired) electrons. The highest BCUT2D eigenvalue weighted by Gasteiger charge is 2.21. The smallest absolute Gasteiger partial charge is 0.356 e. The Balaban J connectivity index is 2.01. The molecule has 1 aromatic heterocycles. The lowest BCUT2D eigenvalue weighted by Crippen LogP contribution is -2.38. The first kappa shape index (κ1) is 17.0. The molecule has 25 heavy (non-hydrogen) atoms. The van der Waals surface area contributed by atoms with Gasteiger partial charge in [-0.15, -0.1) is 0 Å². The molecule has 3 rings (SSSR count). The molecular weight excluding hydrogens is 314 g/mol. The van der Waals surface area contributed by atoms with E-state index in [1.54, 1.807) is 4.57 Å². The molecule has 130 valence electrons. The first-order chi connectivity index (χ1) is 11.8. The highest BCUT2D eigenvalue weighted by molar-refractivity contribution is 5.76. The Hall–Kier alpha value is -2.82. The van der Waals surface area contributed by atoms with Gasteiger partial charge in [0, 0.05) is 0 Å². The number of nitrogens with two attached hydrogens (primary N) is 1. The molecule has 2 N–H and O–H groups in total. The number of hydrogen-bond acceptors (Lipinski definition) is 3. The minimum Gasteiger partial charge on any atom is -0.547 e. The summed E-state index contributed by atoms with van der Waals surface area (Å²) in [5, 5.41) is 11.1. The number of benzene rings is 2. The average Bonchev–Trinajstić information content (AvgIpc) is 2.80. The van der Waals surface area contributed by atoms with Gasteiger partial charge in [-0.25, -0.2) is 9.13 Å². The monoisotopic (exact) mass is 337 g/mol. The SMILES string of the molecule is CC(C)(C)c1ccc(C[n+]2c(N)n(CC(=O)[O-])c3ccccc32)cc1. The molecule has 5 heteroatoms. The Kier molecular flexibility index (Phi) is 4.25. The molecular formula is C20H23N3O2. The van der Waals surface area contributed by atoms with Gasteiger partial charge in [-0.05, 0) is 28.7 Å². The van der Waals surface area contributed by atoms with Crippen LogP contribution in [-0.2, 0) is 23.3 Å². The van der Waals surface area contributed by atoms with Crippen molar-refractivity contribution in [1.82, 2.24) is 4.57 Å². The summed E-state index contributed by atoms with van der Waals surface area (Å²) in [6, 6.07) is 16.1. The number of fused-ring (bicyclic) bond motifs is 1. The van der Waals surface area contributed by atoms with Gasteiger partial charge in [-0.3, -0.25) is 5.73 Å². The number of imidazole rings is 1. The second-order valence-corrected chi connectivity index (χ2v) is 7.34. The van der Waals surface area contributed by atoms with Crippen molar-refractivity contribution in [3.63, 3.8) is 0 Å². The number of anilines is 1. The van der Waals surface area contributed by atoms with Crippen molar-refractivity contribution >= 4 is 23.0 Å². The maximum atomic E-state index is 11.1. The number of carboxylic acids is 1. The zero-order chi connectivity index (χ0) is 18.2. The molecule has 0 unspecified atom stereocenters.